The molecule has 6 heterocycles. The van der Waals surface area contributed by atoms with Gasteiger partial charge in [0, 0.05) is 13.1 Å². The number of nitrogens with one attached hydrogen (secondary N) is 4. The van der Waals surface area contributed by atoms with Gasteiger partial charge in [-0.1, -0.05) is 52.0 Å². The number of amides is 4. The van der Waals surface area contributed by atoms with E-state index in [0.717, 1.165) is 94.5 Å². The standard InChI is InChI=1S/C46H54N8O7/c1-23(2)39(51-45(57)59-5)43(55)53-19-7-9-33(53)41-47-29-15-11-25(21-31(29)49-41)27-13-14-28(38-36-18-17-35(61-36)37(27)38)26-12-16-30-32(22-26)50-42(48-30)34-10-8-20-54(34)44(56)40(24(3)4)52-46(58)60-6/h11-16,21-24,33-36,39-40H,7-10,17-20H2,1-6H3,(H,47,49)(H,48,50)(H,51,57)(H,52,58)/t33-,34-,35?,36?,39-,40-/m0/s1. The number of aromatic amines is 2. The number of hydrogen-bond donors (Lipinski definition) is 4. The SMILES string of the molecule is COC(=O)N[C@H](C(=O)N1CCC[C@H]1c1nc2ccc(-c3ccc(-c4ccc5nc([C@@H]6CCCN6C(=O)[C@@H](NC(=O)OC)C(C)C)[nH]c5c4)c4c3C3CCC4O3)cc2[nH]1)C(C)C. The van der Waals surface area contributed by atoms with Crippen molar-refractivity contribution in [2.45, 2.75) is 103 Å². The van der Waals surface area contributed by atoms with Crippen LogP contribution in [0, 0.1) is 11.8 Å². The van der Waals surface area contributed by atoms with Crippen LogP contribution in [0.4, 0.5) is 9.59 Å². The van der Waals surface area contributed by atoms with Gasteiger partial charge in [0.2, 0.25) is 11.8 Å². The van der Waals surface area contributed by atoms with Gasteiger partial charge in [0.25, 0.3) is 0 Å². The summed E-state index contributed by atoms with van der Waals surface area (Å²) in [4.78, 5) is 72.4. The van der Waals surface area contributed by atoms with Crippen molar-refractivity contribution in [1.29, 1.82) is 0 Å². The summed E-state index contributed by atoms with van der Waals surface area (Å²) in [6.07, 6.45) is 3.92. The molecule has 61 heavy (non-hydrogen) atoms. The highest BCUT2D eigenvalue weighted by atomic mass is 16.5. The lowest BCUT2D eigenvalue weighted by Crippen LogP contribution is -2.51. The van der Waals surface area contributed by atoms with Gasteiger partial charge in [0.05, 0.1) is 60.6 Å². The Kier molecular flexibility index (Phi) is 10.7. The van der Waals surface area contributed by atoms with E-state index < -0.39 is 24.3 Å². The van der Waals surface area contributed by atoms with E-state index in [9.17, 15) is 19.2 Å². The number of H-pyrrole nitrogens is 2. The molecule has 3 aromatic carbocycles. The van der Waals surface area contributed by atoms with E-state index in [1.807, 2.05) is 49.6 Å². The van der Waals surface area contributed by atoms with E-state index in [1.54, 1.807) is 0 Å². The highest BCUT2D eigenvalue weighted by Gasteiger charge is 2.43. The first-order valence-electron chi connectivity index (χ1n) is 21.6. The van der Waals surface area contributed by atoms with Crippen LogP contribution in [0.2, 0.25) is 0 Å². The van der Waals surface area contributed by atoms with Crippen LogP contribution in [0.15, 0.2) is 48.5 Å². The van der Waals surface area contributed by atoms with Crippen LogP contribution >= 0.6 is 0 Å². The molecule has 2 aromatic heterocycles. The van der Waals surface area contributed by atoms with E-state index in [1.165, 1.54) is 25.3 Å². The van der Waals surface area contributed by atoms with Crippen LogP contribution in [0.3, 0.4) is 0 Å². The second-order valence-corrected chi connectivity index (χ2v) is 17.5. The number of fused-ring (bicyclic) bond motifs is 7. The fourth-order valence-electron chi connectivity index (χ4n) is 9.99. The number of hydrogen-bond acceptors (Lipinski definition) is 9. The highest BCUT2D eigenvalue weighted by Crippen LogP contribution is 2.56. The van der Waals surface area contributed by atoms with E-state index in [0.29, 0.717) is 13.1 Å². The molecule has 0 spiro atoms. The molecule has 3 fully saturated rings. The lowest BCUT2D eigenvalue weighted by Gasteiger charge is -2.29. The summed E-state index contributed by atoms with van der Waals surface area (Å²) < 4.78 is 16.2. The summed E-state index contributed by atoms with van der Waals surface area (Å²) in [6.45, 7) is 8.82. The first kappa shape index (κ1) is 40.4. The molecule has 4 N–H and O–H groups in total. The number of carbonyl (C=O) groups is 4. The zero-order valence-corrected chi connectivity index (χ0v) is 35.5. The average molecular weight is 831 g/mol. The van der Waals surface area contributed by atoms with Gasteiger partial charge in [-0.15, -0.1) is 0 Å². The third-order valence-electron chi connectivity index (χ3n) is 13.1. The monoisotopic (exact) mass is 830 g/mol. The number of benzene rings is 3. The quantitative estimate of drug-likeness (QED) is 0.109. The molecule has 0 radical (unpaired) electrons. The zero-order chi connectivity index (χ0) is 42.7. The van der Waals surface area contributed by atoms with Crippen LogP contribution in [0.25, 0.3) is 44.3 Å². The molecule has 2 bridgehead atoms. The second kappa shape index (κ2) is 16.1. The van der Waals surface area contributed by atoms with Gasteiger partial charge >= 0.3 is 12.2 Å². The minimum atomic E-state index is -0.701. The van der Waals surface area contributed by atoms with E-state index in [4.69, 9.17) is 24.2 Å². The second-order valence-electron chi connectivity index (χ2n) is 17.5. The van der Waals surface area contributed by atoms with Crippen LogP contribution in [0.1, 0.15) is 113 Å². The molecule has 4 aliphatic rings. The Balaban J connectivity index is 0.995. The molecule has 6 atom stereocenters. The Hall–Kier alpha value is -5.96. The third kappa shape index (κ3) is 7.25. The van der Waals surface area contributed by atoms with Crippen molar-refractivity contribution in [3.8, 4) is 22.3 Å². The van der Waals surface area contributed by atoms with Crippen molar-refractivity contribution in [3.05, 3.63) is 71.3 Å². The van der Waals surface area contributed by atoms with Gasteiger partial charge in [-0.3, -0.25) is 9.59 Å². The number of likely N-dealkylation sites (tertiary alicyclic amines) is 2. The van der Waals surface area contributed by atoms with Crippen LogP contribution in [-0.4, -0.2) is 93.1 Å². The molecule has 0 saturated carbocycles. The molecule has 4 amide bonds. The van der Waals surface area contributed by atoms with Crippen molar-refractivity contribution in [3.63, 3.8) is 0 Å². The van der Waals surface area contributed by atoms with Crippen LogP contribution in [-0.2, 0) is 23.8 Å². The number of alkyl carbamates (subject to hydrolysis) is 2. The van der Waals surface area contributed by atoms with E-state index in [2.05, 4.69) is 57.0 Å². The molecule has 320 valence electrons. The molecule has 15 nitrogen and oxygen atoms in total. The van der Waals surface area contributed by atoms with Gasteiger partial charge < -0.3 is 44.6 Å². The molecule has 3 saturated heterocycles. The molecular formula is C46H54N8O7. The lowest BCUT2D eigenvalue weighted by molar-refractivity contribution is -0.136. The predicted octanol–water partition coefficient (Wildman–Crippen LogP) is 7.77. The normalized spacial score (nSPS) is 21.7. The number of ether oxygens (including phenoxy) is 3. The van der Waals surface area contributed by atoms with E-state index >= 15 is 0 Å². The van der Waals surface area contributed by atoms with Crippen molar-refractivity contribution < 1.29 is 33.4 Å². The average Bonchev–Trinajstić information content (AvgIpc) is 4.12. The molecule has 15 heteroatoms. The van der Waals surface area contributed by atoms with Gasteiger partial charge in [0.15, 0.2) is 0 Å². The first-order valence-corrected chi connectivity index (χ1v) is 21.6. The Morgan fingerprint density at radius 3 is 1.48 bits per heavy atom. The number of imidazole rings is 2. The van der Waals surface area contributed by atoms with Crippen LogP contribution in [0.5, 0.6) is 0 Å². The fraction of sp³-hybridized carbons (Fsp3) is 0.478. The van der Waals surface area contributed by atoms with Crippen molar-refractivity contribution in [2.75, 3.05) is 27.3 Å². The maximum Gasteiger partial charge on any atom is 0.407 e. The number of carbonyl (C=O) groups excluding carboxylic acids is 4. The zero-order valence-electron chi connectivity index (χ0n) is 35.5. The predicted molar refractivity (Wildman–Crippen MR) is 228 cm³/mol. The molecule has 4 aliphatic heterocycles. The molecule has 9 rings (SSSR count). The lowest BCUT2D eigenvalue weighted by atomic mass is 9.81. The maximum atomic E-state index is 13.8. The maximum absolute atomic E-state index is 13.8. The Morgan fingerprint density at radius 2 is 1.08 bits per heavy atom. The minimum Gasteiger partial charge on any atom is -0.453 e. The number of nitrogens with zero attached hydrogens (tertiary/aromatic N) is 4. The Morgan fingerprint density at radius 1 is 0.656 bits per heavy atom. The van der Waals surface area contributed by atoms with Gasteiger partial charge in [-0.25, -0.2) is 19.6 Å². The summed E-state index contributed by atoms with van der Waals surface area (Å²) in [7, 11) is 2.59. The molecule has 0 aliphatic carbocycles. The minimum absolute atomic E-state index is 0.00486. The topological polar surface area (TPSA) is 184 Å². The summed E-state index contributed by atoms with van der Waals surface area (Å²) in [6, 6.07) is 15.1. The van der Waals surface area contributed by atoms with Crippen molar-refractivity contribution >= 4 is 46.1 Å². The smallest absolute Gasteiger partial charge is 0.407 e. The van der Waals surface area contributed by atoms with Crippen LogP contribution < -0.4 is 10.6 Å². The van der Waals surface area contributed by atoms with Crippen molar-refractivity contribution in [1.82, 2.24) is 40.4 Å². The molecule has 2 unspecified atom stereocenters. The summed E-state index contributed by atoms with van der Waals surface area (Å²) >= 11 is 0. The fourth-order valence-corrected chi connectivity index (χ4v) is 9.99. The number of methoxy groups -OCH3 is 2. The van der Waals surface area contributed by atoms with Gasteiger partial charge in [-0.2, -0.15) is 0 Å². The summed E-state index contributed by atoms with van der Waals surface area (Å²) in [5, 5.41) is 5.45. The third-order valence-corrected chi connectivity index (χ3v) is 13.1. The Bertz CT molecular complexity index is 2360. The Labute approximate surface area is 354 Å². The van der Waals surface area contributed by atoms with Crippen molar-refractivity contribution in [2.24, 2.45) is 11.8 Å². The summed E-state index contributed by atoms with van der Waals surface area (Å²) in [5.74, 6) is 0.965. The van der Waals surface area contributed by atoms with E-state index in [-0.39, 0.29) is 47.9 Å². The largest absolute Gasteiger partial charge is 0.453 e. The van der Waals surface area contributed by atoms with Gasteiger partial charge in [-0.05, 0) is 108 Å². The number of aromatic nitrogens is 4. The summed E-state index contributed by atoms with van der Waals surface area (Å²) in [5.41, 5.74) is 10.3. The highest BCUT2D eigenvalue weighted by molar-refractivity contribution is 5.90. The number of rotatable bonds is 10. The molecule has 5 aromatic rings. The molecular weight excluding hydrogens is 777 g/mol. The first-order chi connectivity index (χ1) is 29.4. The van der Waals surface area contributed by atoms with Gasteiger partial charge in [0.1, 0.15) is 23.7 Å².